The highest BCUT2D eigenvalue weighted by molar-refractivity contribution is 5.48. The quantitative estimate of drug-likeness (QED) is 0.780. The van der Waals surface area contributed by atoms with E-state index in [1.54, 1.807) is 0 Å². The lowest BCUT2D eigenvalue weighted by Crippen LogP contribution is -2.55. The van der Waals surface area contributed by atoms with Crippen LogP contribution in [0.5, 0.6) is 0 Å². The number of benzene rings is 1. The van der Waals surface area contributed by atoms with Gasteiger partial charge in [-0.25, -0.2) is 0 Å². The summed E-state index contributed by atoms with van der Waals surface area (Å²) < 4.78 is 11.6. The van der Waals surface area contributed by atoms with Crippen LogP contribution in [0.1, 0.15) is 25.3 Å². The van der Waals surface area contributed by atoms with E-state index in [4.69, 9.17) is 9.47 Å². The van der Waals surface area contributed by atoms with Crippen LogP contribution >= 0.6 is 0 Å². The van der Waals surface area contributed by atoms with Crippen LogP contribution in [-0.4, -0.2) is 42.7 Å². The Kier molecular flexibility index (Phi) is 4.56. The second-order valence-electron chi connectivity index (χ2n) is 6.16. The van der Waals surface area contributed by atoms with Crippen LogP contribution < -0.4 is 0 Å². The van der Waals surface area contributed by atoms with E-state index in [1.807, 2.05) is 30.0 Å². The molecule has 1 aromatic rings. The molecule has 0 aromatic heterocycles. The van der Waals surface area contributed by atoms with Crippen molar-refractivity contribution in [2.24, 2.45) is 5.92 Å². The molecule has 2 fully saturated rings. The second kappa shape index (κ2) is 6.58. The minimum absolute atomic E-state index is 0.150. The molecule has 1 aliphatic carbocycles. The third-order valence-corrected chi connectivity index (χ3v) is 4.58. The van der Waals surface area contributed by atoms with E-state index >= 15 is 0 Å². The van der Waals surface area contributed by atoms with Gasteiger partial charge in [0, 0.05) is 6.54 Å². The zero-order valence-corrected chi connectivity index (χ0v) is 12.5. The largest absolute Gasteiger partial charge is 0.375 e. The predicted octanol–water partition coefficient (Wildman–Crippen LogP) is 2.23. The van der Waals surface area contributed by atoms with Gasteiger partial charge in [0.1, 0.15) is 0 Å². The fourth-order valence-corrected chi connectivity index (χ4v) is 3.22. The van der Waals surface area contributed by atoms with Crippen molar-refractivity contribution >= 4 is 6.41 Å². The number of hydrogen-bond acceptors (Lipinski definition) is 3. The molecule has 3 rings (SSSR count). The Morgan fingerprint density at radius 3 is 2.81 bits per heavy atom. The number of morpholine rings is 1. The standard InChI is InChI=1S/C17H23NO3/c1-13-9-18(12-19)17(11-20-13)15-7-16(8-15)21-10-14-5-3-2-4-6-14/h2-6,12-13,15-17H,7-11H2,1H3. The van der Waals surface area contributed by atoms with E-state index in [0.717, 1.165) is 19.3 Å². The van der Waals surface area contributed by atoms with E-state index < -0.39 is 0 Å². The maximum atomic E-state index is 11.2. The maximum Gasteiger partial charge on any atom is 0.210 e. The van der Waals surface area contributed by atoms with Crippen molar-refractivity contribution in [2.45, 2.75) is 44.6 Å². The van der Waals surface area contributed by atoms with Gasteiger partial charge in [-0.3, -0.25) is 4.79 Å². The Labute approximate surface area is 126 Å². The minimum atomic E-state index is 0.150. The van der Waals surface area contributed by atoms with Gasteiger partial charge >= 0.3 is 0 Å². The molecule has 2 aliphatic rings. The summed E-state index contributed by atoms with van der Waals surface area (Å²) in [5.74, 6) is 0.517. The molecule has 1 heterocycles. The fraction of sp³-hybridized carbons (Fsp3) is 0.588. The summed E-state index contributed by atoms with van der Waals surface area (Å²) >= 11 is 0. The molecule has 0 bridgehead atoms. The van der Waals surface area contributed by atoms with E-state index in [0.29, 0.717) is 31.8 Å². The van der Waals surface area contributed by atoms with Crippen LogP contribution in [0, 0.1) is 5.92 Å². The van der Waals surface area contributed by atoms with Crippen molar-refractivity contribution in [3.8, 4) is 0 Å². The van der Waals surface area contributed by atoms with E-state index in [-0.39, 0.29) is 12.1 Å². The number of carbonyl (C=O) groups excluding carboxylic acids is 1. The van der Waals surface area contributed by atoms with Crippen LogP contribution in [0.4, 0.5) is 0 Å². The molecule has 4 heteroatoms. The molecule has 1 saturated carbocycles. The first kappa shape index (κ1) is 14.5. The normalized spacial score (nSPS) is 32.5. The summed E-state index contributed by atoms with van der Waals surface area (Å²) in [7, 11) is 0. The molecular weight excluding hydrogens is 266 g/mol. The zero-order valence-electron chi connectivity index (χ0n) is 12.5. The Bertz CT molecular complexity index is 458. The van der Waals surface area contributed by atoms with Crippen LogP contribution in [0.2, 0.25) is 0 Å². The summed E-state index contributed by atoms with van der Waals surface area (Å²) in [4.78, 5) is 13.1. The van der Waals surface area contributed by atoms with E-state index in [9.17, 15) is 4.79 Å². The number of nitrogens with zero attached hydrogens (tertiary/aromatic N) is 1. The fourth-order valence-electron chi connectivity index (χ4n) is 3.22. The summed E-state index contributed by atoms with van der Waals surface area (Å²) in [6, 6.07) is 10.5. The smallest absolute Gasteiger partial charge is 0.210 e. The van der Waals surface area contributed by atoms with Gasteiger partial charge in [-0.1, -0.05) is 30.3 Å². The van der Waals surface area contributed by atoms with Crippen molar-refractivity contribution < 1.29 is 14.3 Å². The summed E-state index contributed by atoms with van der Waals surface area (Å²) in [6.07, 6.45) is 3.50. The highest BCUT2D eigenvalue weighted by atomic mass is 16.5. The number of amides is 1. The Balaban J connectivity index is 1.44. The van der Waals surface area contributed by atoms with Crippen molar-refractivity contribution in [3.05, 3.63) is 35.9 Å². The Morgan fingerprint density at radius 2 is 2.10 bits per heavy atom. The van der Waals surface area contributed by atoms with Gasteiger partial charge in [-0.05, 0) is 31.2 Å². The summed E-state index contributed by atoms with van der Waals surface area (Å²) in [5, 5.41) is 0. The molecule has 114 valence electrons. The first-order valence-corrected chi connectivity index (χ1v) is 7.74. The van der Waals surface area contributed by atoms with E-state index in [1.165, 1.54) is 5.56 Å². The lowest BCUT2D eigenvalue weighted by molar-refractivity contribution is -0.144. The first-order chi connectivity index (χ1) is 10.3. The molecule has 0 radical (unpaired) electrons. The SMILES string of the molecule is CC1CN(C=O)C(C2CC(OCc3ccccc3)C2)CO1. The molecule has 1 aromatic carbocycles. The predicted molar refractivity (Wildman–Crippen MR) is 79.7 cm³/mol. The number of rotatable bonds is 5. The lowest BCUT2D eigenvalue weighted by atomic mass is 9.76. The molecule has 0 spiro atoms. The molecule has 2 atom stereocenters. The lowest BCUT2D eigenvalue weighted by Gasteiger charge is -2.46. The maximum absolute atomic E-state index is 11.2. The van der Waals surface area contributed by atoms with Crippen LogP contribution in [0.3, 0.4) is 0 Å². The molecule has 4 nitrogen and oxygen atoms in total. The summed E-state index contributed by atoms with van der Waals surface area (Å²) in [6.45, 7) is 4.06. The first-order valence-electron chi connectivity index (χ1n) is 7.74. The van der Waals surface area contributed by atoms with Crippen molar-refractivity contribution in [1.29, 1.82) is 0 Å². The molecule has 1 aliphatic heterocycles. The zero-order chi connectivity index (χ0) is 14.7. The van der Waals surface area contributed by atoms with Gasteiger partial charge < -0.3 is 14.4 Å². The Morgan fingerprint density at radius 1 is 1.33 bits per heavy atom. The second-order valence-corrected chi connectivity index (χ2v) is 6.16. The average molecular weight is 289 g/mol. The van der Waals surface area contributed by atoms with Gasteiger partial charge in [-0.2, -0.15) is 0 Å². The van der Waals surface area contributed by atoms with Gasteiger partial charge in [0.25, 0.3) is 0 Å². The van der Waals surface area contributed by atoms with Gasteiger partial charge in [0.2, 0.25) is 6.41 Å². The molecular formula is C17H23NO3. The average Bonchev–Trinajstić information content (AvgIpc) is 2.47. The van der Waals surface area contributed by atoms with E-state index in [2.05, 4.69) is 12.1 Å². The third kappa shape index (κ3) is 3.44. The molecule has 1 amide bonds. The van der Waals surface area contributed by atoms with Crippen LogP contribution in [-0.2, 0) is 20.9 Å². The van der Waals surface area contributed by atoms with Gasteiger partial charge in [0.05, 0.1) is 31.5 Å². The number of hydrogen-bond donors (Lipinski definition) is 0. The molecule has 21 heavy (non-hydrogen) atoms. The van der Waals surface area contributed by atoms with Gasteiger partial charge in [0.15, 0.2) is 0 Å². The van der Waals surface area contributed by atoms with Crippen molar-refractivity contribution in [1.82, 2.24) is 4.90 Å². The van der Waals surface area contributed by atoms with Crippen LogP contribution in [0.15, 0.2) is 30.3 Å². The highest BCUT2D eigenvalue weighted by Crippen LogP contribution is 2.36. The summed E-state index contributed by atoms with van der Waals surface area (Å²) in [5.41, 5.74) is 1.21. The highest BCUT2D eigenvalue weighted by Gasteiger charge is 2.40. The van der Waals surface area contributed by atoms with Crippen molar-refractivity contribution in [2.75, 3.05) is 13.2 Å². The molecule has 0 N–H and O–H groups in total. The van der Waals surface area contributed by atoms with Gasteiger partial charge in [-0.15, -0.1) is 0 Å². The monoisotopic (exact) mass is 289 g/mol. The number of ether oxygens (including phenoxy) is 2. The molecule has 2 unspecified atom stereocenters. The minimum Gasteiger partial charge on any atom is -0.375 e. The van der Waals surface area contributed by atoms with Crippen molar-refractivity contribution in [3.63, 3.8) is 0 Å². The number of carbonyl (C=O) groups is 1. The van der Waals surface area contributed by atoms with Crippen LogP contribution in [0.25, 0.3) is 0 Å². The topological polar surface area (TPSA) is 38.8 Å². The third-order valence-electron chi connectivity index (χ3n) is 4.58. The molecule has 1 saturated heterocycles. The Hall–Kier alpha value is -1.39.